The highest BCUT2D eigenvalue weighted by atomic mass is 79.9. The van der Waals surface area contributed by atoms with Crippen molar-refractivity contribution in [1.29, 1.82) is 0 Å². The van der Waals surface area contributed by atoms with E-state index < -0.39 is 6.10 Å². The first-order chi connectivity index (χ1) is 9.63. The van der Waals surface area contributed by atoms with Gasteiger partial charge in [-0.2, -0.15) is 0 Å². The van der Waals surface area contributed by atoms with Crippen LogP contribution in [0, 0.1) is 5.82 Å². The lowest BCUT2D eigenvalue weighted by molar-refractivity contribution is -0.0659. The highest BCUT2D eigenvalue weighted by molar-refractivity contribution is 9.10. The number of hydrogen-bond acceptors (Lipinski definition) is 4. The van der Waals surface area contributed by atoms with Gasteiger partial charge in [-0.25, -0.2) is 4.39 Å². The Morgan fingerprint density at radius 1 is 1.30 bits per heavy atom. The van der Waals surface area contributed by atoms with Crippen LogP contribution >= 0.6 is 15.9 Å². The zero-order valence-electron chi connectivity index (χ0n) is 11.1. The molecule has 1 atom stereocenters. The molecule has 4 nitrogen and oxygen atoms in total. The maximum absolute atomic E-state index is 13.1. The molecule has 0 bridgehead atoms. The molecule has 2 rings (SSSR count). The molecule has 1 fully saturated rings. The summed E-state index contributed by atoms with van der Waals surface area (Å²) < 4.78 is 29.9. The highest BCUT2D eigenvalue weighted by Crippen LogP contribution is 2.20. The Bertz CT molecular complexity index is 403. The number of halogens is 2. The fourth-order valence-electron chi connectivity index (χ4n) is 1.94. The van der Waals surface area contributed by atoms with Gasteiger partial charge in [-0.3, -0.25) is 0 Å². The number of hydrogen-bond donors (Lipinski definition) is 1. The molecule has 6 heteroatoms. The molecule has 1 aliphatic rings. The molecule has 0 aromatic heterocycles. The van der Waals surface area contributed by atoms with Gasteiger partial charge < -0.3 is 19.3 Å². The predicted molar refractivity (Wildman–Crippen MR) is 75.4 cm³/mol. The monoisotopic (exact) mass is 348 g/mol. The van der Waals surface area contributed by atoms with Gasteiger partial charge in [0.2, 0.25) is 0 Å². The van der Waals surface area contributed by atoms with E-state index in [4.69, 9.17) is 14.2 Å². The van der Waals surface area contributed by atoms with Gasteiger partial charge in [-0.1, -0.05) is 15.9 Å². The minimum atomic E-state index is -0.736. The summed E-state index contributed by atoms with van der Waals surface area (Å²) in [6, 6.07) is 4.27. The zero-order valence-corrected chi connectivity index (χ0v) is 12.6. The fourth-order valence-corrected chi connectivity index (χ4v) is 2.39. The Balaban J connectivity index is 1.70. The minimum Gasteiger partial charge on any atom is -0.491 e. The van der Waals surface area contributed by atoms with Gasteiger partial charge in [-0.05, 0) is 25.0 Å². The van der Waals surface area contributed by atoms with Crippen molar-refractivity contribution in [2.45, 2.75) is 25.0 Å². The van der Waals surface area contributed by atoms with Crippen LogP contribution in [0.3, 0.4) is 0 Å². The number of benzene rings is 1. The second-order valence-corrected chi connectivity index (χ2v) is 5.63. The van der Waals surface area contributed by atoms with Crippen molar-refractivity contribution in [3.8, 4) is 5.75 Å². The van der Waals surface area contributed by atoms with Crippen molar-refractivity contribution in [3.05, 3.63) is 28.5 Å². The van der Waals surface area contributed by atoms with Crippen LogP contribution in [0.2, 0.25) is 0 Å². The predicted octanol–water partition coefficient (Wildman–Crippen LogP) is 2.52. The van der Waals surface area contributed by atoms with Crippen LogP contribution in [0.25, 0.3) is 0 Å². The Morgan fingerprint density at radius 3 is 2.75 bits per heavy atom. The third kappa shape index (κ3) is 5.36. The standard InChI is InChI=1S/C14H18BrFO4/c15-10-5-11(16)7-14(6-10)20-9-12(17)8-19-13-1-3-18-4-2-13/h5-7,12-13,17H,1-4,8-9H2/t12-/m0/s1. The molecule has 1 aromatic rings. The van der Waals surface area contributed by atoms with Crippen LogP contribution in [0.15, 0.2) is 22.7 Å². The van der Waals surface area contributed by atoms with E-state index in [0.29, 0.717) is 23.4 Å². The van der Waals surface area contributed by atoms with Crippen molar-refractivity contribution in [2.75, 3.05) is 26.4 Å². The Hall–Kier alpha value is -0.690. The quantitative estimate of drug-likeness (QED) is 0.858. The van der Waals surface area contributed by atoms with Crippen LogP contribution in [-0.2, 0) is 9.47 Å². The van der Waals surface area contributed by atoms with Crippen molar-refractivity contribution in [3.63, 3.8) is 0 Å². The van der Waals surface area contributed by atoms with Crippen molar-refractivity contribution < 1.29 is 23.7 Å². The van der Waals surface area contributed by atoms with Crippen molar-refractivity contribution >= 4 is 15.9 Å². The first-order valence-electron chi connectivity index (χ1n) is 6.60. The Labute approximate surface area is 126 Å². The van der Waals surface area contributed by atoms with E-state index in [1.807, 2.05) is 0 Å². The molecule has 0 aliphatic carbocycles. The van der Waals surface area contributed by atoms with Crippen LogP contribution in [0.1, 0.15) is 12.8 Å². The maximum Gasteiger partial charge on any atom is 0.128 e. The van der Waals surface area contributed by atoms with Gasteiger partial charge in [0.1, 0.15) is 24.3 Å². The molecule has 0 saturated carbocycles. The van der Waals surface area contributed by atoms with Crippen LogP contribution < -0.4 is 4.74 Å². The summed E-state index contributed by atoms with van der Waals surface area (Å²) in [5.41, 5.74) is 0. The summed E-state index contributed by atoms with van der Waals surface area (Å²) in [5.74, 6) is -0.00990. The molecule has 0 radical (unpaired) electrons. The van der Waals surface area contributed by atoms with Crippen LogP contribution in [-0.4, -0.2) is 43.7 Å². The summed E-state index contributed by atoms with van der Waals surface area (Å²) in [5, 5.41) is 9.79. The molecule has 112 valence electrons. The van der Waals surface area contributed by atoms with E-state index in [2.05, 4.69) is 15.9 Å². The molecule has 20 heavy (non-hydrogen) atoms. The lowest BCUT2D eigenvalue weighted by atomic mass is 10.1. The third-order valence-corrected chi connectivity index (χ3v) is 3.43. The minimum absolute atomic E-state index is 0.0686. The molecule has 1 saturated heterocycles. The SMILES string of the molecule is O[C@H](COc1cc(F)cc(Br)c1)COC1CCOCC1. The maximum atomic E-state index is 13.1. The molecule has 0 spiro atoms. The number of ether oxygens (including phenoxy) is 3. The molecule has 1 heterocycles. The lowest BCUT2D eigenvalue weighted by Gasteiger charge is -2.23. The van der Waals surface area contributed by atoms with Crippen LogP contribution in [0.5, 0.6) is 5.75 Å². The number of aliphatic hydroxyl groups is 1. The van der Waals surface area contributed by atoms with E-state index in [1.54, 1.807) is 6.07 Å². The molecule has 1 N–H and O–H groups in total. The molecular weight excluding hydrogens is 331 g/mol. The lowest BCUT2D eigenvalue weighted by Crippen LogP contribution is -2.30. The first-order valence-corrected chi connectivity index (χ1v) is 7.39. The number of aliphatic hydroxyl groups excluding tert-OH is 1. The van der Waals surface area contributed by atoms with E-state index >= 15 is 0 Å². The topological polar surface area (TPSA) is 47.9 Å². The molecule has 1 aliphatic heterocycles. The van der Waals surface area contributed by atoms with Gasteiger partial charge in [-0.15, -0.1) is 0 Å². The Kier molecular flexibility index (Phi) is 6.22. The second kappa shape index (κ2) is 7.93. The van der Waals surface area contributed by atoms with E-state index in [1.165, 1.54) is 12.1 Å². The van der Waals surface area contributed by atoms with Crippen molar-refractivity contribution in [1.82, 2.24) is 0 Å². The highest BCUT2D eigenvalue weighted by Gasteiger charge is 2.16. The zero-order chi connectivity index (χ0) is 14.4. The smallest absolute Gasteiger partial charge is 0.128 e. The summed E-state index contributed by atoms with van der Waals surface area (Å²) >= 11 is 3.18. The summed E-state index contributed by atoms with van der Waals surface area (Å²) in [6.07, 6.45) is 1.11. The molecule has 0 unspecified atom stereocenters. The van der Waals surface area contributed by atoms with E-state index in [0.717, 1.165) is 12.8 Å². The fraction of sp³-hybridized carbons (Fsp3) is 0.571. The average molecular weight is 349 g/mol. The van der Waals surface area contributed by atoms with E-state index in [-0.39, 0.29) is 25.1 Å². The first kappa shape index (κ1) is 15.7. The van der Waals surface area contributed by atoms with Gasteiger partial charge in [0.25, 0.3) is 0 Å². The summed E-state index contributed by atoms with van der Waals surface area (Å²) in [7, 11) is 0. The summed E-state index contributed by atoms with van der Waals surface area (Å²) in [6.45, 7) is 1.68. The van der Waals surface area contributed by atoms with Crippen molar-refractivity contribution in [2.24, 2.45) is 0 Å². The molecule has 0 amide bonds. The van der Waals surface area contributed by atoms with Crippen LogP contribution in [0.4, 0.5) is 4.39 Å². The average Bonchev–Trinajstić information content (AvgIpc) is 2.43. The van der Waals surface area contributed by atoms with Gasteiger partial charge >= 0.3 is 0 Å². The summed E-state index contributed by atoms with van der Waals surface area (Å²) in [4.78, 5) is 0. The molecular formula is C14H18BrFO4. The van der Waals surface area contributed by atoms with Gasteiger partial charge in [0.15, 0.2) is 0 Å². The number of rotatable bonds is 6. The Morgan fingerprint density at radius 2 is 2.05 bits per heavy atom. The van der Waals surface area contributed by atoms with Gasteiger partial charge in [0, 0.05) is 23.8 Å². The second-order valence-electron chi connectivity index (χ2n) is 4.72. The van der Waals surface area contributed by atoms with E-state index in [9.17, 15) is 9.50 Å². The van der Waals surface area contributed by atoms with Gasteiger partial charge in [0.05, 0.1) is 12.7 Å². The normalized spacial score (nSPS) is 17.9. The third-order valence-electron chi connectivity index (χ3n) is 2.97. The molecule has 1 aromatic carbocycles. The largest absolute Gasteiger partial charge is 0.491 e.